The quantitative estimate of drug-likeness (QED) is 0.0744. The summed E-state index contributed by atoms with van der Waals surface area (Å²) in [5.41, 5.74) is 0. The average molecular weight is 561 g/mol. The van der Waals surface area contributed by atoms with Crippen molar-refractivity contribution < 1.29 is 0 Å². The van der Waals surface area contributed by atoms with Gasteiger partial charge in [-0.25, -0.2) is 0 Å². The highest BCUT2D eigenvalue weighted by Gasteiger charge is 2.07. The molecule has 0 amide bonds. The van der Waals surface area contributed by atoms with Gasteiger partial charge in [-0.1, -0.05) is 124 Å². The Kier molecular flexibility index (Phi) is 41.5. The van der Waals surface area contributed by atoms with Crippen LogP contribution in [-0.2, 0) is 0 Å². The summed E-state index contributed by atoms with van der Waals surface area (Å²) in [5.74, 6) is 0. The topological polar surface area (TPSA) is 0 Å². The van der Waals surface area contributed by atoms with Gasteiger partial charge in [0.1, 0.15) is 0 Å². The van der Waals surface area contributed by atoms with E-state index >= 15 is 0 Å². The zero-order valence-electron chi connectivity index (χ0n) is 21.0. The molecule has 0 rings (SSSR count). The van der Waals surface area contributed by atoms with Crippen molar-refractivity contribution in [3.8, 4) is 0 Å². The Bertz CT molecular complexity index is 211. The molecule has 0 N–H and O–H groups in total. The Labute approximate surface area is 208 Å². The van der Waals surface area contributed by atoms with E-state index in [0.29, 0.717) is 7.92 Å². The van der Waals surface area contributed by atoms with Crippen LogP contribution in [0.2, 0.25) is 0 Å². The molecule has 1 unspecified atom stereocenters. The summed E-state index contributed by atoms with van der Waals surface area (Å²) in [5, 5.41) is 0. The van der Waals surface area contributed by atoms with Gasteiger partial charge in [0.15, 0.2) is 0 Å². The minimum atomic E-state index is 0. The maximum Gasteiger partial charge on any atom is -0.0326 e. The van der Waals surface area contributed by atoms with E-state index in [1.807, 2.05) is 0 Å². The van der Waals surface area contributed by atoms with E-state index in [0.717, 1.165) is 0 Å². The van der Waals surface area contributed by atoms with Crippen LogP contribution in [-0.4, -0.2) is 24.6 Å². The molecule has 0 aliphatic rings. The molecule has 0 nitrogen and oxygen atoms in total. The molecule has 0 saturated carbocycles. The zero-order valence-corrected chi connectivity index (χ0v) is 25.4. The standard InChI is InChI=1S/C24H51P.C2H7P.HI/c1-4-7-10-13-16-19-22-25(23-20-17-14-11-8-5-2)24-21-18-15-12-9-6-3;1-2-3;/h4-24H2,1-3H3;2-3H2,1H3;1H. The summed E-state index contributed by atoms with van der Waals surface area (Å²) in [6, 6.07) is 0. The Hall–Kier alpha value is 1.59. The third-order valence-electron chi connectivity index (χ3n) is 5.48. The van der Waals surface area contributed by atoms with Crippen molar-refractivity contribution in [2.45, 2.75) is 143 Å². The second kappa shape index (κ2) is 34.2. The van der Waals surface area contributed by atoms with Crippen LogP contribution < -0.4 is 0 Å². The van der Waals surface area contributed by atoms with Crippen molar-refractivity contribution in [2.75, 3.05) is 24.6 Å². The highest BCUT2D eigenvalue weighted by Crippen LogP contribution is 2.39. The minimum Gasteiger partial charge on any atom is -0.138 e. The van der Waals surface area contributed by atoms with Gasteiger partial charge in [0.2, 0.25) is 0 Å². The lowest BCUT2D eigenvalue weighted by Crippen LogP contribution is -1.97. The summed E-state index contributed by atoms with van der Waals surface area (Å²) in [6.07, 6.45) is 32.4. The molecule has 0 heterocycles. The molecule has 3 heteroatoms. The summed E-state index contributed by atoms with van der Waals surface area (Å²) >= 11 is 0. The van der Waals surface area contributed by atoms with Crippen LogP contribution in [0, 0.1) is 0 Å². The van der Waals surface area contributed by atoms with Gasteiger partial charge in [0.25, 0.3) is 0 Å². The molecule has 0 aromatic heterocycles. The largest absolute Gasteiger partial charge is 0.138 e. The molecule has 0 bridgehead atoms. The molecular formula is C26H59IP2. The molecular weight excluding hydrogens is 501 g/mol. The predicted molar refractivity (Wildman–Crippen MR) is 157 cm³/mol. The fourth-order valence-corrected chi connectivity index (χ4v) is 6.37. The van der Waals surface area contributed by atoms with Crippen molar-refractivity contribution in [3.63, 3.8) is 0 Å². The third-order valence-corrected chi connectivity index (χ3v) is 8.33. The molecule has 180 valence electrons. The molecule has 0 aliphatic heterocycles. The molecule has 0 aliphatic carbocycles. The summed E-state index contributed by atoms with van der Waals surface area (Å²) in [4.78, 5) is 0. The van der Waals surface area contributed by atoms with Crippen molar-refractivity contribution in [1.29, 1.82) is 0 Å². The first-order chi connectivity index (χ1) is 13.8. The Morgan fingerprint density at radius 1 is 0.414 bits per heavy atom. The normalized spacial score (nSPS) is 10.6. The van der Waals surface area contributed by atoms with Gasteiger partial charge in [-0.15, -0.1) is 41.1 Å². The first kappa shape index (κ1) is 35.2. The first-order valence-corrected chi connectivity index (χ1v) is 15.9. The van der Waals surface area contributed by atoms with E-state index in [-0.39, 0.29) is 24.0 Å². The Morgan fingerprint density at radius 2 is 0.621 bits per heavy atom. The van der Waals surface area contributed by atoms with Gasteiger partial charge in [-0.3, -0.25) is 0 Å². The van der Waals surface area contributed by atoms with Crippen LogP contribution in [0.1, 0.15) is 143 Å². The van der Waals surface area contributed by atoms with Crippen LogP contribution in [0.5, 0.6) is 0 Å². The summed E-state index contributed by atoms with van der Waals surface area (Å²) < 4.78 is 0. The van der Waals surface area contributed by atoms with E-state index in [1.165, 1.54) is 122 Å². The predicted octanol–water partition coefficient (Wildman–Crippen LogP) is 11.0. The Balaban J connectivity index is -0.00000158. The second-order valence-electron chi connectivity index (χ2n) is 8.55. The lowest BCUT2D eigenvalue weighted by Gasteiger charge is -2.18. The lowest BCUT2D eigenvalue weighted by molar-refractivity contribution is 0.617. The molecule has 1 atom stereocenters. The Morgan fingerprint density at radius 3 is 0.862 bits per heavy atom. The van der Waals surface area contributed by atoms with Crippen LogP contribution in [0.15, 0.2) is 0 Å². The number of unbranched alkanes of at least 4 members (excludes halogenated alkanes) is 15. The van der Waals surface area contributed by atoms with E-state index in [4.69, 9.17) is 0 Å². The van der Waals surface area contributed by atoms with Gasteiger partial charge < -0.3 is 0 Å². The van der Waals surface area contributed by atoms with Gasteiger partial charge in [-0.2, -0.15) is 0 Å². The summed E-state index contributed by atoms with van der Waals surface area (Å²) in [7, 11) is 2.94. The van der Waals surface area contributed by atoms with E-state index in [2.05, 4.69) is 36.9 Å². The fraction of sp³-hybridized carbons (Fsp3) is 1.00. The van der Waals surface area contributed by atoms with Crippen molar-refractivity contribution in [3.05, 3.63) is 0 Å². The maximum atomic E-state index is 2.58. The number of rotatable bonds is 21. The summed E-state index contributed by atoms with van der Waals surface area (Å²) in [6.45, 7) is 9.05. The van der Waals surface area contributed by atoms with Crippen LogP contribution in [0.3, 0.4) is 0 Å². The molecule has 0 saturated heterocycles. The molecule has 0 spiro atoms. The average Bonchev–Trinajstić information content (AvgIpc) is 2.69. The minimum absolute atomic E-state index is 0. The van der Waals surface area contributed by atoms with Gasteiger partial charge in [0.05, 0.1) is 0 Å². The third kappa shape index (κ3) is 34.4. The van der Waals surface area contributed by atoms with Crippen molar-refractivity contribution in [2.24, 2.45) is 0 Å². The van der Waals surface area contributed by atoms with Gasteiger partial charge in [0, 0.05) is 0 Å². The van der Waals surface area contributed by atoms with E-state index in [1.54, 1.807) is 18.5 Å². The molecule has 0 aromatic rings. The fourth-order valence-electron chi connectivity index (χ4n) is 3.68. The number of halogens is 1. The van der Waals surface area contributed by atoms with Crippen LogP contribution in [0.25, 0.3) is 0 Å². The van der Waals surface area contributed by atoms with Crippen molar-refractivity contribution in [1.82, 2.24) is 0 Å². The van der Waals surface area contributed by atoms with Crippen LogP contribution in [0.4, 0.5) is 0 Å². The van der Waals surface area contributed by atoms with Gasteiger partial charge >= 0.3 is 0 Å². The number of hydrogen-bond acceptors (Lipinski definition) is 0. The SMILES string of the molecule is CCCCCCCCP(CCCCCCCC)CCCCCCCC.CCP.I. The monoisotopic (exact) mass is 560 g/mol. The number of hydrogen-bond donors (Lipinski definition) is 0. The molecule has 29 heavy (non-hydrogen) atoms. The molecule has 0 aromatic carbocycles. The lowest BCUT2D eigenvalue weighted by atomic mass is 10.1. The van der Waals surface area contributed by atoms with Crippen molar-refractivity contribution >= 4 is 41.1 Å². The molecule has 0 fully saturated rings. The zero-order chi connectivity index (χ0) is 21.1. The van der Waals surface area contributed by atoms with Crippen LogP contribution >= 0.6 is 41.1 Å². The highest BCUT2D eigenvalue weighted by molar-refractivity contribution is 14.0. The maximum absolute atomic E-state index is 2.58. The highest BCUT2D eigenvalue weighted by atomic mass is 127. The first-order valence-electron chi connectivity index (χ1n) is 13.2. The smallest absolute Gasteiger partial charge is 0.0326 e. The van der Waals surface area contributed by atoms with E-state index < -0.39 is 0 Å². The van der Waals surface area contributed by atoms with E-state index in [9.17, 15) is 0 Å². The molecule has 0 radical (unpaired) electrons. The van der Waals surface area contributed by atoms with Gasteiger partial charge in [-0.05, 0) is 43.9 Å². The second-order valence-corrected chi connectivity index (χ2v) is 12.1.